The second kappa shape index (κ2) is 5.22. The average molecular weight is 286 g/mol. The van der Waals surface area contributed by atoms with Crippen molar-refractivity contribution >= 4 is 10.0 Å². The Morgan fingerprint density at radius 2 is 2.11 bits per heavy atom. The van der Waals surface area contributed by atoms with Crippen molar-refractivity contribution in [2.45, 2.75) is 37.6 Å². The SMILES string of the molecule is Cc1nn(C)c(C)c1S(=O)(=O)N(C)C1CCCNC1. The molecule has 6 nitrogen and oxygen atoms in total. The molecule has 1 aliphatic heterocycles. The van der Waals surface area contributed by atoms with Gasteiger partial charge in [-0.25, -0.2) is 8.42 Å². The second-order valence-corrected chi connectivity index (χ2v) is 7.08. The van der Waals surface area contributed by atoms with Crippen molar-refractivity contribution in [1.29, 1.82) is 0 Å². The van der Waals surface area contributed by atoms with E-state index in [1.165, 1.54) is 4.31 Å². The fraction of sp³-hybridized carbons (Fsp3) is 0.750. The number of nitrogens with zero attached hydrogens (tertiary/aromatic N) is 3. The molecule has 0 spiro atoms. The summed E-state index contributed by atoms with van der Waals surface area (Å²) in [5, 5.41) is 7.45. The van der Waals surface area contributed by atoms with Crippen molar-refractivity contribution in [1.82, 2.24) is 19.4 Å². The van der Waals surface area contributed by atoms with Gasteiger partial charge in [0.1, 0.15) is 4.90 Å². The maximum atomic E-state index is 12.7. The van der Waals surface area contributed by atoms with Crippen LogP contribution in [-0.4, -0.2) is 48.7 Å². The van der Waals surface area contributed by atoms with Crippen LogP contribution in [0.2, 0.25) is 0 Å². The van der Waals surface area contributed by atoms with Crippen LogP contribution in [0.15, 0.2) is 4.90 Å². The number of sulfonamides is 1. The van der Waals surface area contributed by atoms with Crippen molar-refractivity contribution in [3.8, 4) is 0 Å². The van der Waals surface area contributed by atoms with Crippen molar-refractivity contribution < 1.29 is 8.42 Å². The molecule has 1 fully saturated rings. The van der Waals surface area contributed by atoms with Crippen LogP contribution in [0, 0.1) is 13.8 Å². The van der Waals surface area contributed by atoms with E-state index in [1.807, 2.05) is 0 Å². The topological polar surface area (TPSA) is 67.2 Å². The molecule has 1 saturated heterocycles. The fourth-order valence-electron chi connectivity index (χ4n) is 2.61. The number of aromatic nitrogens is 2. The largest absolute Gasteiger partial charge is 0.315 e. The molecule has 1 atom stereocenters. The standard InChI is InChI=1S/C12H22N4O2S/c1-9-12(10(2)15(3)14-9)19(17,18)16(4)11-6-5-7-13-8-11/h11,13H,5-8H2,1-4H3. The monoisotopic (exact) mass is 286 g/mol. The van der Waals surface area contributed by atoms with Crippen molar-refractivity contribution in [2.75, 3.05) is 20.1 Å². The zero-order chi connectivity index (χ0) is 14.2. The zero-order valence-electron chi connectivity index (χ0n) is 12.0. The smallest absolute Gasteiger partial charge is 0.246 e. The third-order valence-corrected chi connectivity index (χ3v) is 6.03. The van der Waals surface area contributed by atoms with Gasteiger partial charge in [-0.3, -0.25) is 4.68 Å². The molecule has 7 heteroatoms. The Morgan fingerprint density at radius 1 is 1.42 bits per heavy atom. The number of piperidine rings is 1. The van der Waals surface area contributed by atoms with Crippen molar-refractivity contribution in [2.24, 2.45) is 7.05 Å². The summed E-state index contributed by atoms with van der Waals surface area (Å²) < 4.78 is 28.6. The van der Waals surface area contributed by atoms with E-state index in [4.69, 9.17) is 0 Å². The first-order valence-corrected chi connectivity index (χ1v) is 7.98. The first kappa shape index (κ1) is 14.5. The molecule has 1 aromatic heterocycles. The van der Waals surface area contributed by atoms with Gasteiger partial charge in [0.05, 0.1) is 11.4 Å². The van der Waals surface area contributed by atoms with E-state index in [-0.39, 0.29) is 6.04 Å². The van der Waals surface area contributed by atoms with Crippen LogP contribution >= 0.6 is 0 Å². The molecule has 108 valence electrons. The first-order chi connectivity index (χ1) is 8.85. The third-order valence-electron chi connectivity index (χ3n) is 3.86. The number of nitrogens with one attached hydrogen (secondary N) is 1. The molecule has 0 aliphatic carbocycles. The van der Waals surface area contributed by atoms with Crippen LogP contribution in [0.4, 0.5) is 0 Å². The molecule has 2 rings (SSSR count). The van der Waals surface area contributed by atoms with E-state index in [0.717, 1.165) is 19.4 Å². The van der Waals surface area contributed by atoms with Gasteiger partial charge in [0.2, 0.25) is 10.0 Å². The summed E-state index contributed by atoms with van der Waals surface area (Å²) in [6.45, 7) is 5.22. The molecular weight excluding hydrogens is 264 g/mol. The van der Waals surface area contributed by atoms with Crippen LogP contribution in [0.25, 0.3) is 0 Å². The summed E-state index contributed by atoms with van der Waals surface area (Å²) in [5.74, 6) is 0. The predicted octanol–water partition coefficient (Wildman–Crippen LogP) is 0.409. The molecular formula is C12H22N4O2S. The number of likely N-dealkylation sites (N-methyl/N-ethyl adjacent to an activating group) is 1. The quantitative estimate of drug-likeness (QED) is 0.874. The Labute approximate surface area is 114 Å². The summed E-state index contributed by atoms with van der Waals surface area (Å²) in [6.07, 6.45) is 1.91. The Kier molecular flexibility index (Phi) is 3.98. The molecule has 19 heavy (non-hydrogen) atoms. The summed E-state index contributed by atoms with van der Waals surface area (Å²) in [6, 6.07) is 0.0257. The highest BCUT2D eigenvalue weighted by Gasteiger charge is 2.33. The minimum atomic E-state index is -3.47. The van der Waals surface area contributed by atoms with Crippen LogP contribution in [0.3, 0.4) is 0 Å². The van der Waals surface area contributed by atoms with Crippen LogP contribution < -0.4 is 5.32 Å². The lowest BCUT2D eigenvalue weighted by molar-refractivity contribution is 0.300. The minimum absolute atomic E-state index is 0.0257. The number of aryl methyl sites for hydroxylation is 2. The highest BCUT2D eigenvalue weighted by Crippen LogP contribution is 2.24. The van der Waals surface area contributed by atoms with Gasteiger partial charge >= 0.3 is 0 Å². The van der Waals surface area contributed by atoms with E-state index in [9.17, 15) is 8.42 Å². The number of hydrogen-bond donors (Lipinski definition) is 1. The molecule has 1 aliphatic rings. The molecule has 0 aromatic carbocycles. The maximum Gasteiger partial charge on any atom is 0.246 e. The lowest BCUT2D eigenvalue weighted by atomic mass is 10.1. The highest BCUT2D eigenvalue weighted by atomic mass is 32.2. The zero-order valence-corrected chi connectivity index (χ0v) is 12.8. The van der Waals surface area contributed by atoms with Gasteiger partial charge in [0, 0.05) is 26.7 Å². The van der Waals surface area contributed by atoms with Crippen LogP contribution in [-0.2, 0) is 17.1 Å². The maximum absolute atomic E-state index is 12.7. The molecule has 2 heterocycles. The minimum Gasteiger partial charge on any atom is -0.315 e. The lowest BCUT2D eigenvalue weighted by Crippen LogP contribution is -2.46. The van der Waals surface area contributed by atoms with Gasteiger partial charge < -0.3 is 5.32 Å². The van der Waals surface area contributed by atoms with Gasteiger partial charge in [0.15, 0.2) is 0 Å². The first-order valence-electron chi connectivity index (χ1n) is 6.54. The van der Waals surface area contributed by atoms with Gasteiger partial charge in [-0.05, 0) is 33.2 Å². The Bertz CT molecular complexity index is 559. The van der Waals surface area contributed by atoms with E-state index in [1.54, 1.807) is 32.6 Å². The molecule has 0 radical (unpaired) electrons. The van der Waals surface area contributed by atoms with Gasteiger partial charge in [-0.15, -0.1) is 0 Å². The van der Waals surface area contributed by atoms with E-state index in [0.29, 0.717) is 22.8 Å². The summed E-state index contributed by atoms with van der Waals surface area (Å²) >= 11 is 0. The number of hydrogen-bond acceptors (Lipinski definition) is 4. The molecule has 1 N–H and O–H groups in total. The fourth-order valence-corrected chi connectivity index (χ4v) is 4.39. The van der Waals surface area contributed by atoms with E-state index < -0.39 is 10.0 Å². The Hall–Kier alpha value is -0.920. The molecule has 0 amide bonds. The summed E-state index contributed by atoms with van der Waals surface area (Å²) in [4.78, 5) is 0.350. The molecule has 0 bridgehead atoms. The summed E-state index contributed by atoms with van der Waals surface area (Å²) in [7, 11) is -0.0362. The average Bonchev–Trinajstić information content (AvgIpc) is 2.63. The highest BCUT2D eigenvalue weighted by molar-refractivity contribution is 7.89. The molecule has 0 saturated carbocycles. The molecule has 1 unspecified atom stereocenters. The normalized spacial score (nSPS) is 21.0. The summed E-state index contributed by atoms with van der Waals surface area (Å²) in [5.41, 5.74) is 1.25. The molecule has 1 aromatic rings. The number of rotatable bonds is 3. The lowest BCUT2D eigenvalue weighted by Gasteiger charge is -2.30. The van der Waals surface area contributed by atoms with E-state index in [2.05, 4.69) is 10.4 Å². The van der Waals surface area contributed by atoms with Crippen LogP contribution in [0.1, 0.15) is 24.2 Å². The third kappa shape index (κ3) is 2.54. The van der Waals surface area contributed by atoms with Gasteiger partial charge in [0.25, 0.3) is 0 Å². The second-order valence-electron chi connectivity index (χ2n) is 5.14. The van der Waals surface area contributed by atoms with Gasteiger partial charge in [-0.2, -0.15) is 9.40 Å². The van der Waals surface area contributed by atoms with Crippen molar-refractivity contribution in [3.63, 3.8) is 0 Å². The van der Waals surface area contributed by atoms with Crippen LogP contribution in [0.5, 0.6) is 0 Å². The Morgan fingerprint density at radius 3 is 2.58 bits per heavy atom. The van der Waals surface area contributed by atoms with Crippen molar-refractivity contribution in [3.05, 3.63) is 11.4 Å². The Balaban J connectivity index is 2.36. The van der Waals surface area contributed by atoms with E-state index >= 15 is 0 Å². The predicted molar refractivity (Wildman–Crippen MR) is 73.5 cm³/mol. The van der Waals surface area contributed by atoms with Gasteiger partial charge in [-0.1, -0.05) is 0 Å².